The molecule has 1 aliphatic carbocycles. The van der Waals surface area contributed by atoms with Gasteiger partial charge in [0.2, 0.25) is 0 Å². The van der Waals surface area contributed by atoms with Gasteiger partial charge >= 0.3 is 0 Å². The molecule has 2 heterocycles. The van der Waals surface area contributed by atoms with Crippen LogP contribution in [0.25, 0.3) is 132 Å². The number of para-hydroxylation sites is 4. The summed E-state index contributed by atoms with van der Waals surface area (Å²) in [6.45, 7) is 13.7. The first-order valence-electron chi connectivity index (χ1n) is 32.1. The van der Waals surface area contributed by atoms with Gasteiger partial charge in [-0.25, -0.2) is 0 Å². The van der Waals surface area contributed by atoms with Gasteiger partial charge in [-0.2, -0.15) is 0 Å². The van der Waals surface area contributed by atoms with Crippen LogP contribution >= 0.6 is 0 Å². The lowest BCUT2D eigenvalue weighted by molar-refractivity contribution is 0.590. The first kappa shape index (κ1) is 54.9. The maximum absolute atomic E-state index is 6.92. The molecule has 0 saturated heterocycles. The molecule has 0 bridgehead atoms. The van der Waals surface area contributed by atoms with Crippen molar-refractivity contribution in [1.29, 1.82) is 0 Å². The van der Waals surface area contributed by atoms with Crippen LogP contribution in [0.1, 0.15) is 52.7 Å². The number of benzene rings is 14. The number of fused-ring (bicyclic) bond motifs is 12. The van der Waals surface area contributed by atoms with Crippen molar-refractivity contribution in [1.82, 2.24) is 0 Å². The van der Waals surface area contributed by atoms with E-state index in [1.807, 2.05) is 0 Å². The fourth-order valence-electron chi connectivity index (χ4n) is 14.7. The monoisotopic (exact) mass is 1180 g/mol. The van der Waals surface area contributed by atoms with Crippen LogP contribution in [0.15, 0.2) is 300 Å². The third-order valence-corrected chi connectivity index (χ3v) is 19.1. The van der Waals surface area contributed by atoms with Crippen molar-refractivity contribution in [2.45, 2.75) is 52.4 Å². The van der Waals surface area contributed by atoms with Crippen molar-refractivity contribution >= 4 is 99.5 Å². The summed E-state index contributed by atoms with van der Waals surface area (Å²) in [7, 11) is 0. The fraction of sp³-hybridized carbons (Fsp3) is 0.0909. The van der Waals surface area contributed by atoms with E-state index in [0.29, 0.717) is 0 Å². The lowest BCUT2D eigenvalue weighted by Gasteiger charge is -2.38. The zero-order chi connectivity index (χ0) is 62.0. The number of hydrogen-bond donors (Lipinski definition) is 0. The average Bonchev–Trinajstić information content (AvgIpc) is 0.795. The van der Waals surface area contributed by atoms with Crippen LogP contribution in [-0.4, -0.2) is 0 Å². The number of furan rings is 2. The third-order valence-electron chi connectivity index (χ3n) is 19.1. The van der Waals surface area contributed by atoms with E-state index in [0.717, 1.165) is 111 Å². The van der Waals surface area contributed by atoms with Crippen LogP contribution in [0.4, 0.5) is 34.1 Å². The molecule has 14 aromatic carbocycles. The second-order valence-corrected chi connectivity index (χ2v) is 26.7. The van der Waals surface area contributed by atoms with E-state index in [1.54, 1.807) is 0 Å². The number of nitrogens with zero attached hydrogens (tertiary/aromatic N) is 2. The molecule has 440 valence electrons. The molecule has 0 spiro atoms. The summed E-state index contributed by atoms with van der Waals surface area (Å²) in [5.41, 5.74) is 26.4. The van der Waals surface area contributed by atoms with Crippen molar-refractivity contribution in [3.8, 4) is 66.8 Å². The molecule has 0 saturated carbocycles. The second kappa shape index (κ2) is 21.2. The summed E-state index contributed by atoms with van der Waals surface area (Å²) < 4.78 is 13.8. The van der Waals surface area contributed by atoms with E-state index in [1.165, 1.54) is 66.4 Å². The highest BCUT2D eigenvalue weighted by molar-refractivity contribution is 6.33. The molecule has 0 N–H and O–H groups in total. The van der Waals surface area contributed by atoms with Crippen molar-refractivity contribution in [3.05, 3.63) is 302 Å². The highest BCUT2D eigenvalue weighted by atomic mass is 16.3. The SMILES string of the molecule is CC(C)(C)c1ccc(N(c2ccc3c(-c4ccccc4)c4c(c(-c5ccccc5)c3c2)-c2c-4c(-c3ccccc3)c3cc(N(c4ccc(C(C)(C)C)cc4)c4cccc5c4oc4ccccc45)ccc3c2-c2ccccc2)c2cccc3c2oc2ccccc23)cc1. The molecule has 0 radical (unpaired) electrons. The first-order chi connectivity index (χ1) is 44.9. The van der Waals surface area contributed by atoms with Crippen molar-refractivity contribution < 1.29 is 8.83 Å². The van der Waals surface area contributed by atoms with E-state index in [2.05, 4.69) is 343 Å². The predicted molar refractivity (Wildman–Crippen MR) is 389 cm³/mol. The Balaban J connectivity index is 0.986. The van der Waals surface area contributed by atoms with Gasteiger partial charge in [0.05, 0.1) is 11.4 Å². The molecule has 4 heteroatoms. The molecule has 0 aliphatic heterocycles. The smallest absolute Gasteiger partial charge is 0.159 e. The summed E-state index contributed by atoms with van der Waals surface area (Å²) in [6.07, 6.45) is 0. The molecule has 2 aromatic heterocycles. The summed E-state index contributed by atoms with van der Waals surface area (Å²) in [5.74, 6) is 0. The Kier molecular flexibility index (Phi) is 12.7. The van der Waals surface area contributed by atoms with Gasteiger partial charge in [-0.3, -0.25) is 0 Å². The van der Waals surface area contributed by atoms with E-state index < -0.39 is 0 Å². The molecule has 92 heavy (non-hydrogen) atoms. The summed E-state index contributed by atoms with van der Waals surface area (Å²) in [4.78, 5) is 4.82. The fourth-order valence-corrected chi connectivity index (χ4v) is 14.7. The average molecular weight is 1180 g/mol. The molecule has 0 fully saturated rings. The van der Waals surface area contributed by atoms with Crippen LogP contribution in [0.3, 0.4) is 0 Å². The van der Waals surface area contributed by atoms with E-state index in [-0.39, 0.29) is 10.8 Å². The minimum atomic E-state index is -0.0289. The van der Waals surface area contributed by atoms with Crippen molar-refractivity contribution in [3.63, 3.8) is 0 Å². The van der Waals surface area contributed by atoms with Gasteiger partial charge < -0.3 is 18.6 Å². The largest absolute Gasteiger partial charge is 0.454 e. The quantitative estimate of drug-likeness (QED) is 0.137. The standard InChI is InChI=1S/C88H66N2O2/c1-87(2,3)59-41-45-61(46-42-59)89(73-37-23-35-69-65-33-19-21-39-75(65)91-85(69)73)63-49-51-67-71(53-63)79(57-29-15-9-16-30-57)83-81(77(67)55-25-11-7-12-26-55)84-80(58-31-17-10-18-32-58)72-54-64(50-52-68(72)78(82(83)84)56-27-13-8-14-28-56)90(62-47-43-60(44-48-62)88(4,5)6)74-38-24-36-70-66-34-20-22-40-76(66)92-86(70)74/h7-54H,1-6H3. The van der Waals surface area contributed by atoms with E-state index in [4.69, 9.17) is 8.83 Å². The molecule has 1 aliphatic rings. The molecule has 0 amide bonds. The maximum Gasteiger partial charge on any atom is 0.159 e. The second-order valence-electron chi connectivity index (χ2n) is 26.7. The number of anilines is 6. The molecular weight excluding hydrogens is 1120 g/mol. The number of hydrogen-bond acceptors (Lipinski definition) is 4. The summed E-state index contributed by atoms with van der Waals surface area (Å²) in [5, 5.41) is 9.02. The highest BCUT2D eigenvalue weighted by Gasteiger charge is 2.39. The number of rotatable bonds is 10. The lowest BCUT2D eigenvalue weighted by Crippen LogP contribution is -2.14. The Bertz CT molecular complexity index is 5190. The van der Waals surface area contributed by atoms with Crippen LogP contribution in [0.2, 0.25) is 0 Å². The molecule has 4 nitrogen and oxygen atoms in total. The minimum Gasteiger partial charge on any atom is -0.454 e. The van der Waals surface area contributed by atoms with Crippen LogP contribution in [0.5, 0.6) is 0 Å². The lowest BCUT2D eigenvalue weighted by atomic mass is 9.65. The molecule has 0 atom stereocenters. The van der Waals surface area contributed by atoms with Gasteiger partial charge in [0, 0.05) is 44.3 Å². The Morgan fingerprint density at radius 1 is 0.228 bits per heavy atom. The van der Waals surface area contributed by atoms with E-state index in [9.17, 15) is 0 Å². The van der Waals surface area contributed by atoms with Crippen LogP contribution in [-0.2, 0) is 10.8 Å². The first-order valence-corrected chi connectivity index (χ1v) is 32.1. The van der Waals surface area contributed by atoms with Crippen molar-refractivity contribution in [2.24, 2.45) is 0 Å². The zero-order valence-electron chi connectivity index (χ0n) is 52.4. The van der Waals surface area contributed by atoms with Gasteiger partial charge in [-0.05, 0) is 183 Å². The normalized spacial score (nSPS) is 12.2. The molecule has 16 aromatic rings. The zero-order valence-corrected chi connectivity index (χ0v) is 52.4. The van der Waals surface area contributed by atoms with Gasteiger partial charge in [0.25, 0.3) is 0 Å². The van der Waals surface area contributed by atoms with Gasteiger partial charge in [-0.1, -0.05) is 260 Å². The maximum atomic E-state index is 6.92. The summed E-state index contributed by atoms with van der Waals surface area (Å²) in [6, 6.07) is 107. The third kappa shape index (κ3) is 8.80. The van der Waals surface area contributed by atoms with Crippen LogP contribution < -0.4 is 9.80 Å². The molecule has 17 rings (SSSR count). The molecule has 0 unspecified atom stereocenters. The van der Waals surface area contributed by atoms with Gasteiger partial charge in [0.15, 0.2) is 11.2 Å². The Morgan fingerprint density at radius 2 is 0.522 bits per heavy atom. The molecular formula is C88H66N2O2. The minimum absolute atomic E-state index is 0.0289. The van der Waals surface area contributed by atoms with Gasteiger partial charge in [-0.15, -0.1) is 0 Å². The van der Waals surface area contributed by atoms with Gasteiger partial charge in [0.1, 0.15) is 11.2 Å². The Morgan fingerprint density at radius 3 is 0.859 bits per heavy atom. The highest BCUT2D eigenvalue weighted by Crippen LogP contribution is 2.66. The topological polar surface area (TPSA) is 32.8 Å². The Labute approximate surface area is 536 Å². The van der Waals surface area contributed by atoms with Crippen molar-refractivity contribution in [2.75, 3.05) is 9.80 Å². The Hall–Kier alpha value is -11.2. The van der Waals surface area contributed by atoms with Crippen LogP contribution in [0, 0.1) is 0 Å². The predicted octanol–water partition coefficient (Wildman–Crippen LogP) is 25.6. The van der Waals surface area contributed by atoms with E-state index >= 15 is 0 Å². The summed E-state index contributed by atoms with van der Waals surface area (Å²) >= 11 is 0.